The van der Waals surface area contributed by atoms with E-state index >= 15 is 0 Å². The van der Waals surface area contributed by atoms with Crippen molar-refractivity contribution in [3.05, 3.63) is 29.3 Å². The summed E-state index contributed by atoms with van der Waals surface area (Å²) >= 11 is 0.796. The van der Waals surface area contributed by atoms with Crippen molar-refractivity contribution >= 4 is 28.9 Å². The molecule has 2 amide bonds. The molecule has 2 aliphatic rings. The third-order valence-corrected chi connectivity index (χ3v) is 8.05. The molecular weight excluding hydrogens is 514 g/mol. The Balaban J connectivity index is 0.000000976. The summed E-state index contributed by atoms with van der Waals surface area (Å²) in [4.78, 5) is 41.0. The average molecular weight is 564 g/mol. The van der Waals surface area contributed by atoms with Crippen LogP contribution in [0.4, 0.5) is 4.79 Å². The second-order valence-corrected chi connectivity index (χ2v) is 11.2. The standard InChI is InChI=1S/C28H45N3O3.C2H4O2S/c1-5-8-14-30(15-9-6-2)28(33)21-31-20-25(19-26(31)12-16-29(7-3)22(4)32)23-10-11-27-24(18-23)13-17-34-27;1-5-2(3)4/h10-11,18,25-26H,5-9,12-17,19-21H2,1-4H3;1H3,(H,3,4). The zero-order valence-corrected chi connectivity index (χ0v) is 25.4. The molecule has 0 saturated carbocycles. The molecular formula is C30H49N3O5S. The van der Waals surface area contributed by atoms with Gasteiger partial charge in [-0.2, -0.15) is 0 Å². The number of hydrogen-bond acceptors (Lipinski definition) is 6. The van der Waals surface area contributed by atoms with Crippen LogP contribution >= 0.6 is 11.8 Å². The normalized spacial score (nSPS) is 18.1. The van der Waals surface area contributed by atoms with Gasteiger partial charge in [-0.3, -0.25) is 14.5 Å². The van der Waals surface area contributed by atoms with Crippen LogP contribution in [0.3, 0.4) is 0 Å². The zero-order chi connectivity index (χ0) is 28.8. The topological polar surface area (TPSA) is 90.4 Å². The fourth-order valence-electron chi connectivity index (χ4n) is 5.36. The first-order valence-corrected chi connectivity index (χ1v) is 15.8. The van der Waals surface area contributed by atoms with E-state index in [1.54, 1.807) is 6.92 Å². The molecule has 39 heavy (non-hydrogen) atoms. The lowest BCUT2D eigenvalue weighted by molar-refractivity contribution is -0.133. The predicted octanol–water partition coefficient (Wildman–Crippen LogP) is 5.49. The molecule has 1 fully saturated rings. The third kappa shape index (κ3) is 10.7. The lowest BCUT2D eigenvalue weighted by Crippen LogP contribution is -2.44. The molecule has 1 aromatic carbocycles. The molecule has 2 atom stereocenters. The predicted molar refractivity (Wildman–Crippen MR) is 159 cm³/mol. The van der Waals surface area contributed by atoms with Crippen LogP contribution < -0.4 is 4.74 Å². The number of carbonyl (C=O) groups excluding carboxylic acids is 2. The highest BCUT2D eigenvalue weighted by atomic mass is 32.2. The van der Waals surface area contributed by atoms with Crippen molar-refractivity contribution in [1.29, 1.82) is 0 Å². The number of likely N-dealkylation sites (tertiary alicyclic amines) is 1. The van der Waals surface area contributed by atoms with Crippen LogP contribution in [0, 0.1) is 0 Å². The van der Waals surface area contributed by atoms with Gasteiger partial charge in [0.25, 0.3) is 0 Å². The molecule has 2 heterocycles. The Morgan fingerprint density at radius 2 is 1.74 bits per heavy atom. The number of carboxylic acid groups (broad SMARTS) is 1. The highest BCUT2D eigenvalue weighted by Gasteiger charge is 2.35. The van der Waals surface area contributed by atoms with Gasteiger partial charge >= 0.3 is 5.30 Å². The van der Waals surface area contributed by atoms with Crippen LogP contribution in [0.2, 0.25) is 0 Å². The van der Waals surface area contributed by atoms with Crippen LogP contribution in [0.1, 0.15) is 83.3 Å². The number of unbranched alkanes of at least 4 members (excludes halogenated alkanes) is 2. The number of thioether (sulfide) groups is 1. The maximum absolute atomic E-state index is 13.4. The number of fused-ring (bicyclic) bond motifs is 1. The van der Waals surface area contributed by atoms with E-state index in [0.717, 1.165) is 102 Å². The molecule has 2 unspecified atom stereocenters. The third-order valence-electron chi connectivity index (χ3n) is 7.70. The summed E-state index contributed by atoms with van der Waals surface area (Å²) in [5, 5.41) is 6.86. The summed E-state index contributed by atoms with van der Waals surface area (Å²) in [6.07, 6.45) is 8.76. The second-order valence-electron chi connectivity index (χ2n) is 10.4. The van der Waals surface area contributed by atoms with E-state index < -0.39 is 5.30 Å². The Hall–Kier alpha value is -2.26. The van der Waals surface area contributed by atoms with Gasteiger partial charge < -0.3 is 19.6 Å². The highest BCUT2D eigenvalue weighted by molar-refractivity contribution is 8.12. The van der Waals surface area contributed by atoms with E-state index in [9.17, 15) is 14.4 Å². The first kappa shape index (κ1) is 32.9. The zero-order valence-electron chi connectivity index (χ0n) is 24.6. The van der Waals surface area contributed by atoms with E-state index in [2.05, 4.69) is 41.8 Å². The second kappa shape index (κ2) is 17.4. The minimum atomic E-state index is -0.829. The molecule has 0 bridgehead atoms. The maximum Gasteiger partial charge on any atom is 0.364 e. The van der Waals surface area contributed by atoms with Gasteiger partial charge in [-0.15, -0.1) is 0 Å². The van der Waals surface area contributed by atoms with Gasteiger partial charge in [0.05, 0.1) is 13.2 Å². The number of rotatable bonds is 13. The molecule has 2 aliphatic heterocycles. The summed E-state index contributed by atoms with van der Waals surface area (Å²) in [6, 6.07) is 6.95. The fraction of sp³-hybridized carbons (Fsp3) is 0.700. The Kier molecular flexibility index (Phi) is 14.7. The van der Waals surface area contributed by atoms with Crippen molar-refractivity contribution in [1.82, 2.24) is 14.7 Å². The van der Waals surface area contributed by atoms with Crippen LogP contribution in [0.15, 0.2) is 18.2 Å². The number of nitrogens with zero attached hydrogens (tertiary/aromatic N) is 3. The Labute approximate surface area is 239 Å². The monoisotopic (exact) mass is 563 g/mol. The van der Waals surface area contributed by atoms with Gasteiger partial charge in [0.15, 0.2) is 0 Å². The molecule has 1 N–H and O–H groups in total. The Bertz CT molecular complexity index is 920. The van der Waals surface area contributed by atoms with Gasteiger partial charge in [-0.1, -0.05) is 38.8 Å². The molecule has 0 aromatic heterocycles. The maximum atomic E-state index is 13.4. The van der Waals surface area contributed by atoms with Crippen molar-refractivity contribution < 1.29 is 24.2 Å². The highest BCUT2D eigenvalue weighted by Crippen LogP contribution is 2.36. The summed E-state index contributed by atoms with van der Waals surface area (Å²) < 4.78 is 5.70. The molecule has 3 rings (SSSR count). The number of carbonyl (C=O) groups is 3. The number of hydrogen-bond donors (Lipinski definition) is 1. The SMILES string of the molecule is CCCCN(CCCC)C(=O)CN1CC(c2ccc3c(c2)CCO3)CC1CCN(CC)C(C)=O.CSC(=O)O. The smallest absolute Gasteiger partial charge is 0.364 e. The first-order chi connectivity index (χ1) is 18.7. The van der Waals surface area contributed by atoms with E-state index in [4.69, 9.17) is 9.84 Å². The van der Waals surface area contributed by atoms with Crippen LogP contribution in [-0.4, -0.2) is 95.1 Å². The van der Waals surface area contributed by atoms with E-state index in [1.807, 2.05) is 11.8 Å². The largest absolute Gasteiger partial charge is 0.493 e. The molecule has 1 aromatic rings. The quantitative estimate of drug-likeness (QED) is 0.339. The molecule has 0 spiro atoms. The van der Waals surface area contributed by atoms with Crippen molar-refractivity contribution in [2.24, 2.45) is 0 Å². The molecule has 1 saturated heterocycles. The minimum Gasteiger partial charge on any atom is -0.493 e. The summed E-state index contributed by atoms with van der Waals surface area (Å²) in [7, 11) is 0. The number of amides is 2. The van der Waals surface area contributed by atoms with Crippen LogP contribution in [0.25, 0.3) is 0 Å². The van der Waals surface area contributed by atoms with E-state index in [-0.39, 0.29) is 11.8 Å². The van der Waals surface area contributed by atoms with Crippen molar-refractivity contribution in [2.75, 3.05) is 52.1 Å². The lowest BCUT2D eigenvalue weighted by atomic mass is 9.93. The van der Waals surface area contributed by atoms with Gasteiger partial charge in [0.2, 0.25) is 11.8 Å². The van der Waals surface area contributed by atoms with Gasteiger partial charge in [-0.25, -0.2) is 4.79 Å². The van der Waals surface area contributed by atoms with E-state index in [0.29, 0.717) is 18.5 Å². The number of ether oxygens (including phenoxy) is 1. The summed E-state index contributed by atoms with van der Waals surface area (Å²) in [5.41, 5.74) is 2.67. The van der Waals surface area contributed by atoms with Crippen molar-refractivity contribution in [2.45, 2.75) is 84.6 Å². The average Bonchev–Trinajstić information content (AvgIpc) is 3.55. The van der Waals surface area contributed by atoms with Crippen LogP contribution in [-0.2, 0) is 16.0 Å². The molecule has 8 nitrogen and oxygen atoms in total. The Morgan fingerprint density at radius 3 is 2.31 bits per heavy atom. The molecule has 220 valence electrons. The molecule has 0 aliphatic carbocycles. The van der Waals surface area contributed by atoms with Crippen molar-refractivity contribution in [3.63, 3.8) is 0 Å². The fourth-order valence-corrected chi connectivity index (χ4v) is 5.36. The molecule has 0 radical (unpaired) electrons. The first-order valence-electron chi connectivity index (χ1n) is 14.5. The van der Waals surface area contributed by atoms with Crippen molar-refractivity contribution in [3.8, 4) is 5.75 Å². The number of benzene rings is 1. The van der Waals surface area contributed by atoms with Gasteiger partial charge in [0.1, 0.15) is 5.75 Å². The molecule has 9 heteroatoms. The summed E-state index contributed by atoms with van der Waals surface area (Å²) in [6.45, 7) is 13.4. The minimum absolute atomic E-state index is 0.128. The van der Waals surface area contributed by atoms with E-state index in [1.165, 1.54) is 17.4 Å². The van der Waals surface area contributed by atoms with Crippen LogP contribution in [0.5, 0.6) is 5.75 Å². The Morgan fingerprint density at radius 1 is 1.08 bits per heavy atom. The summed E-state index contributed by atoms with van der Waals surface area (Å²) in [5.74, 6) is 1.82. The van der Waals surface area contributed by atoms with Gasteiger partial charge in [-0.05, 0) is 73.7 Å². The lowest BCUT2D eigenvalue weighted by Gasteiger charge is -2.30. The van der Waals surface area contributed by atoms with Gasteiger partial charge in [0, 0.05) is 52.1 Å².